The summed E-state index contributed by atoms with van der Waals surface area (Å²) in [5, 5.41) is 6.49. The molecule has 0 aromatic carbocycles. The summed E-state index contributed by atoms with van der Waals surface area (Å²) >= 11 is 0. The number of aromatic nitrogens is 2. The third-order valence-corrected chi connectivity index (χ3v) is 2.64. The van der Waals surface area contributed by atoms with Gasteiger partial charge in [-0.3, -0.25) is 4.98 Å². The number of anilines is 2. The maximum atomic E-state index is 5.40. The SMILES string of the molecule is CCCNc1cncc(NCCCCOCCOC)n1. The Bertz CT molecular complexity index is 350. The maximum Gasteiger partial charge on any atom is 0.146 e. The van der Waals surface area contributed by atoms with Gasteiger partial charge in [0.25, 0.3) is 0 Å². The molecular formula is C14H26N4O2. The second-order valence-corrected chi connectivity index (χ2v) is 4.46. The van der Waals surface area contributed by atoms with E-state index in [1.54, 1.807) is 19.5 Å². The average Bonchev–Trinajstić information content (AvgIpc) is 2.48. The summed E-state index contributed by atoms with van der Waals surface area (Å²) < 4.78 is 10.3. The van der Waals surface area contributed by atoms with Crippen LogP contribution in [0, 0.1) is 0 Å². The lowest BCUT2D eigenvalue weighted by Gasteiger charge is -2.08. The number of hydrogen-bond donors (Lipinski definition) is 2. The first-order valence-corrected chi connectivity index (χ1v) is 7.23. The summed E-state index contributed by atoms with van der Waals surface area (Å²) in [6.07, 6.45) is 6.62. The molecule has 0 fully saturated rings. The molecule has 0 bridgehead atoms. The van der Waals surface area contributed by atoms with Crippen LogP contribution in [0.3, 0.4) is 0 Å². The molecule has 0 unspecified atom stereocenters. The molecule has 1 heterocycles. The molecule has 1 rings (SSSR count). The van der Waals surface area contributed by atoms with Gasteiger partial charge in [-0.05, 0) is 19.3 Å². The fourth-order valence-corrected chi connectivity index (χ4v) is 1.58. The van der Waals surface area contributed by atoms with Gasteiger partial charge in [0.15, 0.2) is 0 Å². The van der Waals surface area contributed by atoms with Crippen LogP contribution >= 0.6 is 0 Å². The lowest BCUT2D eigenvalue weighted by atomic mass is 10.3. The number of ether oxygens (including phenoxy) is 2. The smallest absolute Gasteiger partial charge is 0.146 e. The number of rotatable bonds is 12. The number of methoxy groups -OCH3 is 1. The Labute approximate surface area is 121 Å². The largest absolute Gasteiger partial charge is 0.382 e. The predicted molar refractivity (Wildman–Crippen MR) is 81.2 cm³/mol. The van der Waals surface area contributed by atoms with Crippen LogP contribution in [0.25, 0.3) is 0 Å². The highest BCUT2D eigenvalue weighted by Gasteiger charge is 1.97. The van der Waals surface area contributed by atoms with Crippen molar-refractivity contribution in [1.82, 2.24) is 9.97 Å². The van der Waals surface area contributed by atoms with Gasteiger partial charge >= 0.3 is 0 Å². The molecule has 0 radical (unpaired) electrons. The molecule has 6 nitrogen and oxygen atoms in total. The quantitative estimate of drug-likeness (QED) is 0.573. The Balaban J connectivity index is 2.09. The van der Waals surface area contributed by atoms with Crippen molar-refractivity contribution in [3.63, 3.8) is 0 Å². The van der Waals surface area contributed by atoms with Crippen LogP contribution in [0.1, 0.15) is 26.2 Å². The summed E-state index contributed by atoms with van der Waals surface area (Å²) in [6.45, 7) is 6.01. The van der Waals surface area contributed by atoms with Gasteiger partial charge in [0.05, 0.1) is 25.6 Å². The zero-order chi connectivity index (χ0) is 14.5. The van der Waals surface area contributed by atoms with Gasteiger partial charge in [-0.2, -0.15) is 0 Å². The molecule has 1 aromatic heterocycles. The predicted octanol–water partition coefficient (Wildman–Crippen LogP) is 2.15. The molecule has 20 heavy (non-hydrogen) atoms. The summed E-state index contributed by atoms with van der Waals surface area (Å²) in [4.78, 5) is 8.60. The molecule has 2 N–H and O–H groups in total. The molecule has 0 saturated heterocycles. The van der Waals surface area contributed by atoms with Crippen molar-refractivity contribution in [2.45, 2.75) is 26.2 Å². The topological polar surface area (TPSA) is 68.3 Å². The molecule has 0 spiro atoms. The molecule has 0 atom stereocenters. The van der Waals surface area contributed by atoms with E-state index in [1.807, 2.05) is 0 Å². The average molecular weight is 282 g/mol. The van der Waals surface area contributed by atoms with Crippen molar-refractivity contribution in [3.05, 3.63) is 12.4 Å². The first-order chi connectivity index (χ1) is 9.86. The third kappa shape index (κ3) is 7.91. The van der Waals surface area contributed by atoms with E-state index >= 15 is 0 Å². The highest BCUT2D eigenvalue weighted by molar-refractivity contribution is 5.41. The van der Waals surface area contributed by atoms with E-state index in [-0.39, 0.29) is 0 Å². The molecule has 6 heteroatoms. The zero-order valence-electron chi connectivity index (χ0n) is 12.5. The molecule has 1 aromatic rings. The zero-order valence-corrected chi connectivity index (χ0v) is 12.5. The number of nitrogens with zero attached hydrogens (tertiary/aromatic N) is 2. The summed E-state index contributed by atoms with van der Waals surface area (Å²) in [7, 11) is 1.68. The summed E-state index contributed by atoms with van der Waals surface area (Å²) in [5.41, 5.74) is 0. The van der Waals surface area contributed by atoms with Crippen LogP contribution < -0.4 is 10.6 Å². The maximum absolute atomic E-state index is 5.40. The molecule has 0 aliphatic carbocycles. The van der Waals surface area contributed by atoms with Crippen molar-refractivity contribution in [1.29, 1.82) is 0 Å². The Kier molecular flexibility index (Phi) is 9.52. The standard InChI is InChI=1S/C14H26N4O2/c1-3-6-16-13-11-15-12-14(18-13)17-7-4-5-8-20-10-9-19-2/h11-12H,3-10H2,1-2H3,(H2,16,17,18). The van der Waals surface area contributed by atoms with E-state index in [9.17, 15) is 0 Å². The second kappa shape index (κ2) is 11.4. The van der Waals surface area contributed by atoms with E-state index in [2.05, 4.69) is 27.5 Å². The molecule has 0 aliphatic rings. The van der Waals surface area contributed by atoms with Crippen molar-refractivity contribution >= 4 is 11.6 Å². The highest BCUT2D eigenvalue weighted by Crippen LogP contribution is 2.06. The van der Waals surface area contributed by atoms with Crippen molar-refractivity contribution < 1.29 is 9.47 Å². The van der Waals surface area contributed by atoms with Crippen LogP contribution in [0.2, 0.25) is 0 Å². The van der Waals surface area contributed by atoms with Crippen molar-refractivity contribution in [2.24, 2.45) is 0 Å². The molecule has 0 amide bonds. The van der Waals surface area contributed by atoms with E-state index in [0.29, 0.717) is 13.2 Å². The normalized spacial score (nSPS) is 10.5. The van der Waals surface area contributed by atoms with Gasteiger partial charge < -0.3 is 20.1 Å². The van der Waals surface area contributed by atoms with Crippen LogP contribution in [0.5, 0.6) is 0 Å². The number of unbranched alkanes of at least 4 members (excludes halogenated alkanes) is 1. The van der Waals surface area contributed by atoms with E-state index in [0.717, 1.165) is 50.6 Å². The van der Waals surface area contributed by atoms with Gasteiger partial charge in [0, 0.05) is 26.8 Å². The lowest BCUT2D eigenvalue weighted by Crippen LogP contribution is -2.08. The van der Waals surface area contributed by atoms with E-state index < -0.39 is 0 Å². The second-order valence-electron chi connectivity index (χ2n) is 4.46. The molecule has 0 saturated carbocycles. The fourth-order valence-electron chi connectivity index (χ4n) is 1.58. The van der Waals surface area contributed by atoms with Crippen LogP contribution in [-0.4, -0.2) is 50.0 Å². The Hall–Kier alpha value is -1.40. The van der Waals surface area contributed by atoms with Gasteiger partial charge in [-0.1, -0.05) is 6.92 Å². The fraction of sp³-hybridized carbons (Fsp3) is 0.714. The first-order valence-electron chi connectivity index (χ1n) is 7.23. The van der Waals surface area contributed by atoms with Crippen LogP contribution in [-0.2, 0) is 9.47 Å². The van der Waals surface area contributed by atoms with Crippen LogP contribution in [0.4, 0.5) is 11.6 Å². The van der Waals surface area contributed by atoms with E-state index in [1.165, 1.54) is 0 Å². The van der Waals surface area contributed by atoms with Gasteiger partial charge in [-0.25, -0.2) is 4.98 Å². The minimum absolute atomic E-state index is 0.658. The third-order valence-electron chi connectivity index (χ3n) is 2.64. The van der Waals surface area contributed by atoms with Gasteiger partial charge in [0.1, 0.15) is 11.6 Å². The van der Waals surface area contributed by atoms with Crippen LogP contribution in [0.15, 0.2) is 12.4 Å². The number of hydrogen-bond acceptors (Lipinski definition) is 6. The Morgan fingerprint density at radius 3 is 2.45 bits per heavy atom. The minimum Gasteiger partial charge on any atom is -0.382 e. The highest BCUT2D eigenvalue weighted by atomic mass is 16.5. The minimum atomic E-state index is 0.658. The summed E-state index contributed by atoms with van der Waals surface area (Å²) in [6, 6.07) is 0. The first kappa shape index (κ1) is 16.7. The van der Waals surface area contributed by atoms with Gasteiger partial charge in [0.2, 0.25) is 0 Å². The molecule has 0 aliphatic heterocycles. The van der Waals surface area contributed by atoms with Crippen molar-refractivity contribution in [3.8, 4) is 0 Å². The van der Waals surface area contributed by atoms with E-state index in [4.69, 9.17) is 9.47 Å². The Morgan fingerprint density at radius 1 is 1.00 bits per heavy atom. The summed E-state index contributed by atoms with van der Waals surface area (Å²) in [5.74, 6) is 1.63. The van der Waals surface area contributed by atoms with Crippen molar-refractivity contribution in [2.75, 3.05) is 50.7 Å². The number of nitrogens with one attached hydrogen (secondary N) is 2. The molecule has 114 valence electrons. The monoisotopic (exact) mass is 282 g/mol. The Morgan fingerprint density at radius 2 is 1.75 bits per heavy atom. The lowest BCUT2D eigenvalue weighted by molar-refractivity contribution is 0.0691. The van der Waals surface area contributed by atoms with Gasteiger partial charge in [-0.15, -0.1) is 0 Å². The molecular weight excluding hydrogens is 256 g/mol.